The minimum atomic E-state index is 0.286. The van der Waals surface area contributed by atoms with E-state index in [0.29, 0.717) is 11.7 Å². The van der Waals surface area contributed by atoms with Gasteiger partial charge in [0.25, 0.3) is 0 Å². The molecule has 0 aliphatic rings. The van der Waals surface area contributed by atoms with Crippen molar-refractivity contribution in [3.8, 4) is 11.4 Å². The van der Waals surface area contributed by atoms with E-state index in [1.165, 1.54) is 0 Å². The van der Waals surface area contributed by atoms with Crippen LogP contribution in [0.1, 0.15) is 19.7 Å². The third-order valence-electron chi connectivity index (χ3n) is 2.40. The molecule has 19 heavy (non-hydrogen) atoms. The first kappa shape index (κ1) is 14.1. The van der Waals surface area contributed by atoms with Gasteiger partial charge in [-0.15, -0.1) is 11.8 Å². The molecule has 0 unspecified atom stereocenters. The fraction of sp³-hybridized carbons (Fsp3) is 0.429. The van der Waals surface area contributed by atoms with E-state index < -0.39 is 0 Å². The second-order valence-corrected chi connectivity index (χ2v) is 5.46. The van der Waals surface area contributed by atoms with Crippen LogP contribution in [0, 0.1) is 0 Å². The van der Waals surface area contributed by atoms with E-state index in [0.717, 1.165) is 23.7 Å². The Morgan fingerprint density at radius 2 is 2.05 bits per heavy atom. The van der Waals surface area contributed by atoms with Crippen LogP contribution in [0.4, 0.5) is 0 Å². The summed E-state index contributed by atoms with van der Waals surface area (Å²) in [5, 5.41) is 3.98. The second-order valence-electron chi connectivity index (χ2n) is 4.35. The summed E-state index contributed by atoms with van der Waals surface area (Å²) < 4.78 is 10.7. The zero-order valence-corrected chi connectivity index (χ0v) is 12.0. The van der Waals surface area contributed by atoms with E-state index in [2.05, 4.69) is 10.1 Å². The first-order valence-corrected chi connectivity index (χ1v) is 7.48. The van der Waals surface area contributed by atoms with Gasteiger partial charge in [0.15, 0.2) is 0 Å². The third kappa shape index (κ3) is 4.69. The second kappa shape index (κ2) is 7.31. The monoisotopic (exact) mass is 278 g/mol. The third-order valence-corrected chi connectivity index (χ3v) is 3.31. The summed E-state index contributed by atoms with van der Waals surface area (Å²) >= 11 is 1.74. The van der Waals surface area contributed by atoms with Crippen LogP contribution >= 0.6 is 11.8 Å². The summed E-state index contributed by atoms with van der Waals surface area (Å²) in [5.74, 6) is 2.96. The summed E-state index contributed by atoms with van der Waals surface area (Å²) in [7, 11) is 0. The quantitative estimate of drug-likeness (QED) is 0.726. The SMILES string of the molecule is CC(C)OCCSCc1nc(-c2ccccc2)no1. The number of rotatable bonds is 7. The lowest BCUT2D eigenvalue weighted by atomic mass is 10.2. The lowest BCUT2D eigenvalue weighted by molar-refractivity contribution is 0.0920. The van der Waals surface area contributed by atoms with Gasteiger partial charge in [-0.3, -0.25) is 0 Å². The maximum absolute atomic E-state index is 5.47. The molecule has 1 aromatic carbocycles. The molecule has 0 atom stereocenters. The Hall–Kier alpha value is -1.33. The molecule has 2 aromatic rings. The fourth-order valence-corrected chi connectivity index (χ4v) is 2.17. The predicted octanol–water partition coefficient (Wildman–Crippen LogP) is 3.39. The molecule has 0 bridgehead atoms. The highest BCUT2D eigenvalue weighted by Gasteiger charge is 2.07. The van der Waals surface area contributed by atoms with Crippen LogP contribution in [0.2, 0.25) is 0 Å². The molecule has 0 radical (unpaired) electrons. The van der Waals surface area contributed by atoms with Crippen LogP contribution < -0.4 is 0 Å². The van der Waals surface area contributed by atoms with E-state index in [4.69, 9.17) is 9.26 Å². The minimum Gasteiger partial charge on any atom is -0.378 e. The maximum Gasteiger partial charge on any atom is 0.236 e. The summed E-state index contributed by atoms with van der Waals surface area (Å²) in [6.45, 7) is 4.83. The standard InChI is InChI=1S/C14H18N2O2S/c1-11(2)17-8-9-19-10-13-15-14(16-18-13)12-6-4-3-5-7-12/h3-7,11H,8-10H2,1-2H3. The Balaban J connectivity index is 1.78. The van der Waals surface area contributed by atoms with Crippen molar-refractivity contribution in [3.05, 3.63) is 36.2 Å². The van der Waals surface area contributed by atoms with E-state index in [-0.39, 0.29) is 6.10 Å². The van der Waals surface area contributed by atoms with E-state index in [9.17, 15) is 0 Å². The smallest absolute Gasteiger partial charge is 0.236 e. The van der Waals surface area contributed by atoms with Crippen molar-refractivity contribution >= 4 is 11.8 Å². The minimum absolute atomic E-state index is 0.286. The average Bonchev–Trinajstić information content (AvgIpc) is 2.88. The van der Waals surface area contributed by atoms with Crippen molar-refractivity contribution < 1.29 is 9.26 Å². The largest absolute Gasteiger partial charge is 0.378 e. The van der Waals surface area contributed by atoms with Crippen LogP contribution in [0.5, 0.6) is 0 Å². The molecule has 5 heteroatoms. The van der Waals surface area contributed by atoms with Gasteiger partial charge >= 0.3 is 0 Å². The number of thioether (sulfide) groups is 1. The zero-order chi connectivity index (χ0) is 13.5. The Bertz CT molecular complexity index is 485. The molecule has 4 nitrogen and oxygen atoms in total. The Kier molecular flexibility index (Phi) is 5.42. The topological polar surface area (TPSA) is 48.2 Å². The molecule has 1 heterocycles. The molecule has 0 aliphatic carbocycles. The van der Waals surface area contributed by atoms with Crippen molar-refractivity contribution in [1.82, 2.24) is 10.1 Å². The van der Waals surface area contributed by atoms with Gasteiger partial charge < -0.3 is 9.26 Å². The predicted molar refractivity (Wildman–Crippen MR) is 77.0 cm³/mol. The molecular weight excluding hydrogens is 260 g/mol. The fourth-order valence-electron chi connectivity index (χ4n) is 1.52. The molecule has 0 aliphatic heterocycles. The Labute approximate surface area is 117 Å². The Morgan fingerprint density at radius 1 is 1.26 bits per heavy atom. The normalized spacial score (nSPS) is 11.1. The van der Waals surface area contributed by atoms with Crippen LogP contribution in [0.15, 0.2) is 34.9 Å². The van der Waals surface area contributed by atoms with Crippen molar-refractivity contribution in [2.45, 2.75) is 25.7 Å². The summed E-state index contributed by atoms with van der Waals surface area (Å²) in [6, 6.07) is 9.83. The van der Waals surface area contributed by atoms with Gasteiger partial charge in [0.05, 0.1) is 18.5 Å². The maximum atomic E-state index is 5.47. The molecule has 0 saturated carbocycles. The lowest BCUT2D eigenvalue weighted by Crippen LogP contribution is -2.05. The number of ether oxygens (including phenoxy) is 1. The highest BCUT2D eigenvalue weighted by Crippen LogP contribution is 2.17. The van der Waals surface area contributed by atoms with Gasteiger partial charge in [-0.2, -0.15) is 4.98 Å². The van der Waals surface area contributed by atoms with E-state index in [1.54, 1.807) is 11.8 Å². The summed E-state index contributed by atoms with van der Waals surface area (Å²) in [4.78, 5) is 4.37. The lowest BCUT2D eigenvalue weighted by Gasteiger charge is -2.05. The van der Waals surface area contributed by atoms with Crippen LogP contribution in [0.25, 0.3) is 11.4 Å². The first-order valence-electron chi connectivity index (χ1n) is 6.33. The van der Waals surface area contributed by atoms with E-state index in [1.807, 2.05) is 44.2 Å². The van der Waals surface area contributed by atoms with Gasteiger partial charge in [-0.25, -0.2) is 0 Å². The highest BCUT2D eigenvalue weighted by atomic mass is 32.2. The molecule has 102 valence electrons. The summed E-state index contributed by atoms with van der Waals surface area (Å²) in [5.41, 5.74) is 0.977. The van der Waals surface area contributed by atoms with Gasteiger partial charge in [-0.1, -0.05) is 35.5 Å². The van der Waals surface area contributed by atoms with Crippen LogP contribution in [0.3, 0.4) is 0 Å². The molecule has 0 amide bonds. The first-order chi connectivity index (χ1) is 9.25. The van der Waals surface area contributed by atoms with Gasteiger partial charge in [0, 0.05) is 11.3 Å². The molecule has 1 aromatic heterocycles. The zero-order valence-electron chi connectivity index (χ0n) is 11.2. The molecule has 2 rings (SSSR count). The molecule has 0 fully saturated rings. The van der Waals surface area contributed by atoms with Crippen LogP contribution in [-0.2, 0) is 10.5 Å². The molecule has 0 N–H and O–H groups in total. The van der Waals surface area contributed by atoms with Crippen molar-refractivity contribution in [1.29, 1.82) is 0 Å². The Morgan fingerprint density at radius 3 is 2.79 bits per heavy atom. The van der Waals surface area contributed by atoms with Crippen molar-refractivity contribution in [2.75, 3.05) is 12.4 Å². The highest BCUT2D eigenvalue weighted by molar-refractivity contribution is 7.98. The molecule has 0 spiro atoms. The van der Waals surface area contributed by atoms with Gasteiger partial charge in [0.1, 0.15) is 0 Å². The van der Waals surface area contributed by atoms with Crippen molar-refractivity contribution in [3.63, 3.8) is 0 Å². The summed E-state index contributed by atoms with van der Waals surface area (Å²) in [6.07, 6.45) is 0.286. The van der Waals surface area contributed by atoms with E-state index >= 15 is 0 Å². The average molecular weight is 278 g/mol. The number of benzene rings is 1. The number of nitrogens with zero attached hydrogens (tertiary/aromatic N) is 2. The van der Waals surface area contributed by atoms with Gasteiger partial charge in [0.2, 0.25) is 11.7 Å². The number of aromatic nitrogens is 2. The van der Waals surface area contributed by atoms with Crippen molar-refractivity contribution in [2.24, 2.45) is 0 Å². The van der Waals surface area contributed by atoms with Crippen LogP contribution in [-0.4, -0.2) is 28.6 Å². The number of hydrogen-bond acceptors (Lipinski definition) is 5. The molecule has 0 saturated heterocycles. The molecular formula is C14H18N2O2S. The number of hydrogen-bond donors (Lipinski definition) is 0. The van der Waals surface area contributed by atoms with Gasteiger partial charge in [-0.05, 0) is 13.8 Å².